The van der Waals surface area contributed by atoms with Crippen molar-refractivity contribution in [2.75, 3.05) is 18.0 Å². The maximum absolute atomic E-state index is 14.9. The molecule has 5 amide bonds. The van der Waals surface area contributed by atoms with Gasteiger partial charge in [-0.25, -0.2) is 9.59 Å². The fourth-order valence-corrected chi connectivity index (χ4v) is 7.82. The van der Waals surface area contributed by atoms with Gasteiger partial charge in [-0.2, -0.15) is 0 Å². The minimum absolute atomic E-state index is 0.0527. The summed E-state index contributed by atoms with van der Waals surface area (Å²) in [6, 6.07) is 9.51. The van der Waals surface area contributed by atoms with Gasteiger partial charge < -0.3 is 10.2 Å². The van der Waals surface area contributed by atoms with Crippen LogP contribution in [0.3, 0.4) is 0 Å². The first kappa shape index (κ1) is 25.5. The number of hydrogen-bond acceptors (Lipinski definition) is 4. The second kappa shape index (κ2) is 10.8. The highest BCUT2D eigenvalue weighted by molar-refractivity contribution is 6.10. The molecule has 8 heteroatoms. The van der Waals surface area contributed by atoms with Crippen molar-refractivity contribution in [1.82, 2.24) is 20.0 Å². The Morgan fingerprint density at radius 3 is 1.95 bits per heavy atom. The molecule has 1 unspecified atom stereocenters. The third kappa shape index (κ3) is 4.24. The van der Waals surface area contributed by atoms with Crippen LogP contribution in [-0.4, -0.2) is 69.7 Å². The molecule has 1 aromatic carbocycles. The van der Waals surface area contributed by atoms with Crippen LogP contribution in [0.2, 0.25) is 0 Å². The van der Waals surface area contributed by atoms with E-state index in [-0.39, 0.29) is 36.1 Å². The minimum Gasteiger partial charge on any atom is -0.335 e. The van der Waals surface area contributed by atoms with Crippen molar-refractivity contribution in [3.05, 3.63) is 30.3 Å². The van der Waals surface area contributed by atoms with Gasteiger partial charge in [-0.05, 0) is 50.7 Å². The molecule has 38 heavy (non-hydrogen) atoms. The van der Waals surface area contributed by atoms with Gasteiger partial charge in [-0.3, -0.25) is 19.5 Å². The maximum Gasteiger partial charge on any atom is 0.331 e. The Morgan fingerprint density at radius 2 is 1.32 bits per heavy atom. The number of nitrogens with one attached hydrogen (secondary N) is 1. The molecule has 8 nitrogen and oxygen atoms in total. The fourth-order valence-electron chi connectivity index (χ4n) is 7.82. The quantitative estimate of drug-likeness (QED) is 0.536. The average Bonchev–Trinajstić information content (AvgIpc) is 3.46. The molecule has 1 atom stereocenters. The SMILES string of the molecule is O=C(NC1CCCCC1)N1CCN(c2ccccc2)C12C(=O)N(C1CCCCC1)C(=O)N2C1CCCCC1. The van der Waals surface area contributed by atoms with E-state index in [1.54, 1.807) is 9.80 Å². The number of carbonyl (C=O) groups is 3. The lowest BCUT2D eigenvalue weighted by Crippen LogP contribution is -2.71. The molecule has 2 aliphatic heterocycles. The lowest BCUT2D eigenvalue weighted by molar-refractivity contribution is -0.141. The van der Waals surface area contributed by atoms with Crippen LogP contribution in [0.25, 0.3) is 0 Å². The summed E-state index contributed by atoms with van der Waals surface area (Å²) in [5.41, 5.74) is 0.882. The molecule has 0 aromatic heterocycles. The second-order valence-corrected chi connectivity index (χ2v) is 12.0. The summed E-state index contributed by atoms with van der Waals surface area (Å²) in [4.78, 5) is 50.7. The molecule has 2 heterocycles. The topological polar surface area (TPSA) is 76.2 Å². The normalized spacial score (nSPS) is 28.1. The maximum atomic E-state index is 14.9. The number of nitrogens with zero attached hydrogens (tertiary/aromatic N) is 4. The Balaban J connectivity index is 1.45. The Morgan fingerprint density at radius 1 is 0.737 bits per heavy atom. The molecule has 3 saturated carbocycles. The number of urea groups is 2. The van der Waals surface area contributed by atoms with Crippen molar-refractivity contribution in [2.45, 2.75) is 120 Å². The molecule has 5 fully saturated rings. The third-order valence-corrected chi connectivity index (χ3v) is 9.68. The van der Waals surface area contributed by atoms with Crippen molar-refractivity contribution in [2.24, 2.45) is 0 Å². The number of anilines is 1. The van der Waals surface area contributed by atoms with Crippen molar-refractivity contribution in [1.29, 1.82) is 0 Å². The number of imide groups is 1. The summed E-state index contributed by atoms with van der Waals surface area (Å²) < 4.78 is 0. The molecule has 1 N–H and O–H groups in total. The van der Waals surface area contributed by atoms with Crippen LogP contribution in [0.5, 0.6) is 0 Å². The molecule has 1 aromatic rings. The van der Waals surface area contributed by atoms with E-state index >= 15 is 0 Å². The molecule has 6 rings (SSSR count). The molecule has 2 saturated heterocycles. The number of amides is 5. The monoisotopic (exact) mass is 521 g/mol. The molecule has 0 radical (unpaired) electrons. The van der Waals surface area contributed by atoms with Gasteiger partial charge in [-0.15, -0.1) is 0 Å². The smallest absolute Gasteiger partial charge is 0.331 e. The van der Waals surface area contributed by atoms with E-state index in [1.165, 1.54) is 6.42 Å². The van der Waals surface area contributed by atoms with E-state index in [4.69, 9.17) is 0 Å². The molecule has 0 bridgehead atoms. The molecule has 1 spiro atoms. The number of carbonyl (C=O) groups excluding carboxylic acids is 3. The lowest BCUT2D eigenvalue weighted by atomic mass is 9.93. The van der Waals surface area contributed by atoms with Gasteiger partial charge in [0.2, 0.25) is 0 Å². The van der Waals surface area contributed by atoms with Crippen molar-refractivity contribution < 1.29 is 14.4 Å². The van der Waals surface area contributed by atoms with Gasteiger partial charge in [-0.1, -0.05) is 76.0 Å². The van der Waals surface area contributed by atoms with Crippen molar-refractivity contribution >= 4 is 23.7 Å². The van der Waals surface area contributed by atoms with Gasteiger partial charge in [0.15, 0.2) is 0 Å². The van der Waals surface area contributed by atoms with Crippen LogP contribution in [0.4, 0.5) is 15.3 Å². The molecular formula is C30H43N5O3. The first-order valence-electron chi connectivity index (χ1n) is 15.2. The van der Waals surface area contributed by atoms with Crippen LogP contribution < -0.4 is 10.2 Å². The first-order valence-corrected chi connectivity index (χ1v) is 15.2. The summed E-state index contributed by atoms with van der Waals surface area (Å²) in [5, 5.41) is 3.29. The zero-order chi connectivity index (χ0) is 26.1. The van der Waals surface area contributed by atoms with Crippen LogP contribution in [0.1, 0.15) is 96.3 Å². The summed E-state index contributed by atoms with van der Waals surface area (Å²) >= 11 is 0. The molecule has 3 aliphatic carbocycles. The number of benzene rings is 1. The van der Waals surface area contributed by atoms with Crippen LogP contribution >= 0.6 is 0 Å². The number of hydrogen-bond donors (Lipinski definition) is 1. The highest BCUT2D eigenvalue weighted by atomic mass is 16.2. The molecule has 5 aliphatic rings. The standard InChI is InChI=1S/C30H43N5O3/c36-27-30(35(26-19-11-4-12-20-26)29(38)34(27)25-17-9-3-10-18-25)32(24-15-7-2-8-16-24)21-22-33(30)28(37)31-23-13-5-1-6-14-23/h2,7-8,15-16,23,25-26H,1,3-6,9-14,17-22H2,(H,31,37). The lowest BCUT2D eigenvalue weighted by Gasteiger charge is -2.48. The Hall–Kier alpha value is -2.77. The van der Waals surface area contributed by atoms with E-state index < -0.39 is 5.79 Å². The first-order chi connectivity index (χ1) is 18.6. The van der Waals surface area contributed by atoms with Crippen LogP contribution in [0.15, 0.2) is 30.3 Å². The van der Waals surface area contributed by atoms with E-state index in [0.29, 0.717) is 13.1 Å². The van der Waals surface area contributed by atoms with Gasteiger partial charge in [0.25, 0.3) is 11.7 Å². The Kier molecular flexibility index (Phi) is 7.23. The van der Waals surface area contributed by atoms with Gasteiger partial charge in [0, 0.05) is 36.9 Å². The Labute approximate surface area is 226 Å². The predicted octanol–water partition coefficient (Wildman–Crippen LogP) is 5.43. The fraction of sp³-hybridized carbons (Fsp3) is 0.700. The minimum atomic E-state index is -1.45. The largest absolute Gasteiger partial charge is 0.335 e. The summed E-state index contributed by atoms with van der Waals surface area (Å²) in [7, 11) is 0. The third-order valence-electron chi connectivity index (χ3n) is 9.68. The zero-order valence-electron chi connectivity index (χ0n) is 22.7. The van der Waals surface area contributed by atoms with Crippen molar-refractivity contribution in [3.63, 3.8) is 0 Å². The zero-order valence-corrected chi connectivity index (χ0v) is 22.7. The van der Waals surface area contributed by atoms with E-state index in [9.17, 15) is 14.4 Å². The number of para-hydroxylation sites is 1. The summed E-state index contributed by atoms with van der Waals surface area (Å²) in [5.74, 6) is -1.67. The van der Waals surface area contributed by atoms with E-state index in [0.717, 1.165) is 95.6 Å². The highest BCUT2D eigenvalue weighted by Crippen LogP contribution is 2.46. The summed E-state index contributed by atoms with van der Waals surface area (Å²) in [6.07, 6.45) is 15.3. The van der Waals surface area contributed by atoms with E-state index in [2.05, 4.69) is 10.2 Å². The van der Waals surface area contributed by atoms with Crippen molar-refractivity contribution in [3.8, 4) is 0 Å². The molecular weight excluding hydrogens is 478 g/mol. The number of rotatable bonds is 4. The average molecular weight is 522 g/mol. The second-order valence-electron chi connectivity index (χ2n) is 12.0. The van der Waals surface area contributed by atoms with Gasteiger partial charge in [0.1, 0.15) is 0 Å². The molecule has 206 valence electrons. The van der Waals surface area contributed by atoms with Gasteiger partial charge in [0.05, 0.1) is 0 Å². The summed E-state index contributed by atoms with van der Waals surface area (Å²) in [6.45, 7) is 0.928. The van der Waals surface area contributed by atoms with Crippen LogP contribution in [-0.2, 0) is 4.79 Å². The van der Waals surface area contributed by atoms with E-state index in [1.807, 2.05) is 35.2 Å². The highest BCUT2D eigenvalue weighted by Gasteiger charge is 2.70. The Bertz CT molecular complexity index is 1020. The van der Waals surface area contributed by atoms with Crippen LogP contribution in [0, 0.1) is 0 Å². The predicted molar refractivity (Wildman–Crippen MR) is 146 cm³/mol. The van der Waals surface area contributed by atoms with Gasteiger partial charge >= 0.3 is 12.1 Å².